The van der Waals surface area contributed by atoms with Gasteiger partial charge < -0.3 is 0 Å². The molecular formula is C16H23P. The van der Waals surface area contributed by atoms with Crippen LogP contribution in [-0.2, 0) is 0 Å². The van der Waals surface area contributed by atoms with E-state index >= 15 is 0 Å². The summed E-state index contributed by atoms with van der Waals surface area (Å²) < 4.78 is 0. The highest BCUT2D eigenvalue weighted by Gasteiger charge is 2.07. The van der Waals surface area contributed by atoms with Crippen molar-refractivity contribution in [1.29, 1.82) is 0 Å². The van der Waals surface area contributed by atoms with E-state index in [1.165, 1.54) is 37.5 Å². The zero-order valence-corrected chi connectivity index (χ0v) is 12.0. The van der Waals surface area contributed by atoms with Gasteiger partial charge in [0.25, 0.3) is 0 Å². The van der Waals surface area contributed by atoms with Crippen molar-refractivity contribution >= 4 is 18.7 Å². The molecule has 0 radical (unpaired) electrons. The second kappa shape index (κ2) is 6.26. The molecule has 2 atom stereocenters. The van der Waals surface area contributed by atoms with E-state index in [0.717, 1.165) is 14.1 Å². The van der Waals surface area contributed by atoms with Gasteiger partial charge >= 0.3 is 0 Å². The highest BCUT2D eigenvalue weighted by Crippen LogP contribution is 2.36. The second-order valence-corrected chi connectivity index (χ2v) is 6.43. The molecule has 0 aliphatic heterocycles. The monoisotopic (exact) mass is 246 g/mol. The van der Waals surface area contributed by atoms with E-state index < -0.39 is 0 Å². The summed E-state index contributed by atoms with van der Waals surface area (Å²) >= 11 is 0. The van der Waals surface area contributed by atoms with E-state index in [9.17, 15) is 0 Å². The molecule has 1 aromatic carbocycles. The van der Waals surface area contributed by atoms with Gasteiger partial charge in [0, 0.05) is 0 Å². The molecule has 0 aliphatic rings. The van der Waals surface area contributed by atoms with Gasteiger partial charge in [0.05, 0.1) is 0 Å². The minimum Gasteiger partial charge on any atom is -0.128 e. The van der Waals surface area contributed by atoms with Gasteiger partial charge in [0.15, 0.2) is 0 Å². The van der Waals surface area contributed by atoms with E-state index in [1.54, 1.807) is 10.4 Å². The van der Waals surface area contributed by atoms with Gasteiger partial charge in [-0.05, 0) is 34.2 Å². The van der Waals surface area contributed by atoms with Crippen LogP contribution in [0.15, 0.2) is 30.3 Å². The molecule has 2 unspecified atom stereocenters. The van der Waals surface area contributed by atoms with Crippen LogP contribution in [0.4, 0.5) is 0 Å². The topological polar surface area (TPSA) is 0 Å². The number of hydrogen-bond donors (Lipinski definition) is 0. The maximum absolute atomic E-state index is 2.43. The molecule has 0 saturated carbocycles. The molecule has 0 saturated heterocycles. The van der Waals surface area contributed by atoms with Crippen molar-refractivity contribution in [3.63, 3.8) is 0 Å². The number of unbranched alkanes of at least 4 members (excludes halogenated alkanes) is 3. The molecule has 0 aliphatic carbocycles. The Kier molecular flexibility index (Phi) is 4.68. The summed E-state index contributed by atoms with van der Waals surface area (Å²) in [6.45, 7) is 4.68. The lowest BCUT2D eigenvalue weighted by Gasteiger charge is -2.08. The van der Waals surface area contributed by atoms with E-state index in [4.69, 9.17) is 0 Å². The fraction of sp³-hybridized carbons (Fsp3) is 0.500. The molecule has 0 bridgehead atoms. The predicted octanol–water partition coefficient (Wildman–Crippen LogP) is 5.95. The minimum atomic E-state index is 0.776. The zero-order chi connectivity index (χ0) is 12.1. The standard InChI is InChI=1S/C16H23P/c1-3-4-5-6-9-13(2)16-12-14-10-7-8-11-15(14)17-16/h7-8,10-13,17H,3-6,9H2,1-2H3. The fourth-order valence-electron chi connectivity index (χ4n) is 2.39. The summed E-state index contributed by atoms with van der Waals surface area (Å²) in [7, 11) is 0.924. The third-order valence-corrected chi connectivity index (χ3v) is 5.22. The molecule has 0 fully saturated rings. The minimum absolute atomic E-state index is 0.776. The first-order chi connectivity index (χ1) is 8.31. The molecule has 1 heteroatoms. The highest BCUT2D eigenvalue weighted by atomic mass is 31.0. The zero-order valence-electron chi connectivity index (χ0n) is 11.0. The lowest BCUT2D eigenvalue weighted by atomic mass is 10.0. The molecule has 1 aromatic heterocycles. The van der Waals surface area contributed by atoms with Crippen LogP contribution in [0.25, 0.3) is 10.5 Å². The van der Waals surface area contributed by atoms with Gasteiger partial charge in [-0.3, -0.25) is 0 Å². The summed E-state index contributed by atoms with van der Waals surface area (Å²) in [6.07, 6.45) is 6.91. The molecule has 2 rings (SSSR count). The maximum Gasteiger partial charge on any atom is -0.00155 e. The Hall–Kier alpha value is -0.740. The molecule has 0 N–H and O–H groups in total. The Morgan fingerprint density at radius 1 is 1.12 bits per heavy atom. The van der Waals surface area contributed by atoms with Crippen LogP contribution in [0.5, 0.6) is 0 Å². The van der Waals surface area contributed by atoms with Crippen molar-refractivity contribution < 1.29 is 0 Å². The number of benzene rings is 1. The first-order valence-electron chi connectivity index (χ1n) is 6.89. The van der Waals surface area contributed by atoms with Crippen molar-refractivity contribution in [1.82, 2.24) is 0 Å². The third-order valence-electron chi connectivity index (χ3n) is 3.57. The van der Waals surface area contributed by atoms with E-state index in [0.29, 0.717) is 0 Å². The molecule has 2 aromatic rings. The molecule has 0 spiro atoms. The molecule has 92 valence electrons. The van der Waals surface area contributed by atoms with E-state index in [1.807, 2.05) is 0 Å². The first-order valence-corrected chi connectivity index (χ1v) is 7.89. The van der Waals surface area contributed by atoms with Crippen molar-refractivity contribution in [3.8, 4) is 0 Å². The Labute approximate surface area is 107 Å². The van der Waals surface area contributed by atoms with E-state index in [2.05, 4.69) is 44.2 Å². The largest absolute Gasteiger partial charge is 0.128 e. The van der Waals surface area contributed by atoms with Crippen LogP contribution < -0.4 is 0 Å². The van der Waals surface area contributed by atoms with Gasteiger partial charge in [-0.1, -0.05) is 63.8 Å². The van der Waals surface area contributed by atoms with Gasteiger partial charge in [-0.15, -0.1) is 8.19 Å². The number of fused-ring (bicyclic) bond motifs is 1. The number of hydrogen-bond acceptors (Lipinski definition) is 0. The van der Waals surface area contributed by atoms with Gasteiger partial charge in [-0.25, -0.2) is 0 Å². The fourth-order valence-corrected chi connectivity index (χ4v) is 3.80. The van der Waals surface area contributed by atoms with Gasteiger partial charge in [0.2, 0.25) is 0 Å². The quantitative estimate of drug-likeness (QED) is 0.553. The van der Waals surface area contributed by atoms with Crippen molar-refractivity contribution in [2.45, 2.75) is 51.9 Å². The summed E-state index contributed by atoms with van der Waals surface area (Å²) in [6, 6.07) is 11.3. The summed E-state index contributed by atoms with van der Waals surface area (Å²) in [4.78, 5) is 0. The average molecular weight is 246 g/mol. The molecular weight excluding hydrogens is 223 g/mol. The summed E-state index contributed by atoms with van der Waals surface area (Å²) in [5, 5.41) is 4.67. The summed E-state index contributed by atoms with van der Waals surface area (Å²) in [5.74, 6) is 0.776. The smallest absolute Gasteiger partial charge is 0.00155 e. The van der Waals surface area contributed by atoms with Crippen LogP contribution >= 0.6 is 8.19 Å². The van der Waals surface area contributed by atoms with E-state index in [-0.39, 0.29) is 0 Å². The SMILES string of the molecule is CCCCCCC(C)c1cc2ccccc2[pH]1. The van der Waals surface area contributed by atoms with Crippen molar-refractivity contribution in [2.24, 2.45) is 0 Å². The number of rotatable bonds is 6. The van der Waals surface area contributed by atoms with Gasteiger partial charge in [0.1, 0.15) is 0 Å². The lowest BCUT2D eigenvalue weighted by Crippen LogP contribution is -1.89. The van der Waals surface area contributed by atoms with Crippen LogP contribution in [0.1, 0.15) is 57.2 Å². The summed E-state index contributed by atoms with van der Waals surface area (Å²) in [5.41, 5.74) is 0. The lowest BCUT2D eigenvalue weighted by molar-refractivity contribution is 0.585. The van der Waals surface area contributed by atoms with Crippen LogP contribution in [-0.4, -0.2) is 0 Å². The molecule has 17 heavy (non-hydrogen) atoms. The average Bonchev–Trinajstić information content (AvgIpc) is 2.78. The van der Waals surface area contributed by atoms with Crippen LogP contribution in [0.2, 0.25) is 0 Å². The van der Waals surface area contributed by atoms with Crippen LogP contribution in [0, 0.1) is 0 Å². The molecule has 0 nitrogen and oxygen atoms in total. The first kappa shape index (κ1) is 12.7. The Morgan fingerprint density at radius 2 is 1.94 bits per heavy atom. The highest BCUT2D eigenvalue weighted by molar-refractivity contribution is 7.38. The molecule has 1 heterocycles. The normalized spacial score (nSPS) is 13.5. The van der Waals surface area contributed by atoms with Crippen LogP contribution in [0.3, 0.4) is 0 Å². The van der Waals surface area contributed by atoms with Crippen molar-refractivity contribution in [3.05, 3.63) is 35.6 Å². The van der Waals surface area contributed by atoms with Gasteiger partial charge in [-0.2, -0.15) is 0 Å². The van der Waals surface area contributed by atoms with Crippen molar-refractivity contribution in [2.75, 3.05) is 0 Å². The Bertz CT molecular complexity index is 422. The Balaban J connectivity index is 1.96. The molecule has 0 amide bonds. The maximum atomic E-state index is 2.43. The third kappa shape index (κ3) is 3.36. The second-order valence-electron chi connectivity index (χ2n) is 5.06. The predicted molar refractivity (Wildman–Crippen MR) is 80.6 cm³/mol. The Morgan fingerprint density at radius 3 is 2.71 bits per heavy atom.